The third-order valence-corrected chi connectivity index (χ3v) is 3.17. The highest BCUT2D eigenvalue weighted by molar-refractivity contribution is 5.50. The number of allylic oxidation sites excluding steroid dienone is 2. The van der Waals surface area contributed by atoms with E-state index in [-0.39, 0.29) is 6.61 Å². The molecule has 1 aromatic rings. The zero-order valence-electron chi connectivity index (χ0n) is 12.2. The van der Waals surface area contributed by atoms with E-state index < -0.39 is 0 Å². The second kappa shape index (κ2) is 8.54. The maximum atomic E-state index is 8.78. The van der Waals surface area contributed by atoms with E-state index in [9.17, 15) is 0 Å². The van der Waals surface area contributed by atoms with Crippen LogP contribution in [-0.4, -0.2) is 18.3 Å². The third kappa shape index (κ3) is 6.25. The minimum Gasteiger partial charge on any atom is -0.392 e. The minimum atomic E-state index is 0.142. The fourth-order valence-electron chi connectivity index (χ4n) is 1.88. The molecule has 0 fully saturated rings. The maximum absolute atomic E-state index is 8.78. The summed E-state index contributed by atoms with van der Waals surface area (Å²) in [5.74, 6) is 0. The van der Waals surface area contributed by atoms with E-state index in [2.05, 4.69) is 56.4 Å². The van der Waals surface area contributed by atoms with Gasteiger partial charge in [0.05, 0.1) is 6.61 Å². The van der Waals surface area contributed by atoms with Gasteiger partial charge in [0.1, 0.15) is 0 Å². The molecule has 0 unspecified atom stereocenters. The van der Waals surface area contributed by atoms with Crippen LogP contribution in [0.2, 0.25) is 0 Å². The number of aryl methyl sites for hydroxylation is 1. The summed E-state index contributed by atoms with van der Waals surface area (Å²) >= 11 is 0. The van der Waals surface area contributed by atoms with Crippen molar-refractivity contribution in [2.45, 2.75) is 33.6 Å². The zero-order valence-corrected chi connectivity index (χ0v) is 12.2. The summed E-state index contributed by atoms with van der Waals surface area (Å²) < 4.78 is 0. The lowest BCUT2D eigenvalue weighted by atomic mass is 10.1. The lowest BCUT2D eigenvalue weighted by Gasteiger charge is -2.09. The Hall–Kier alpha value is -1.54. The Morgan fingerprint density at radius 1 is 1.16 bits per heavy atom. The number of hydrogen-bond donors (Lipinski definition) is 2. The molecule has 0 radical (unpaired) electrons. The van der Waals surface area contributed by atoms with Gasteiger partial charge in [0.25, 0.3) is 0 Å². The normalized spacial score (nSPS) is 12.6. The van der Waals surface area contributed by atoms with Crippen molar-refractivity contribution >= 4 is 5.69 Å². The molecule has 0 spiro atoms. The van der Waals surface area contributed by atoms with Gasteiger partial charge in [-0.25, -0.2) is 0 Å². The first-order chi connectivity index (χ1) is 9.13. The smallest absolute Gasteiger partial charge is 0.0614 e. The van der Waals surface area contributed by atoms with Crippen LogP contribution >= 0.6 is 0 Å². The van der Waals surface area contributed by atoms with Crippen molar-refractivity contribution in [2.24, 2.45) is 0 Å². The molecule has 2 heteroatoms. The molecule has 2 nitrogen and oxygen atoms in total. The number of anilines is 1. The number of aliphatic hydroxyl groups excluding tert-OH is 1. The molecular weight excluding hydrogens is 234 g/mol. The van der Waals surface area contributed by atoms with Crippen molar-refractivity contribution in [1.29, 1.82) is 0 Å². The van der Waals surface area contributed by atoms with Crippen LogP contribution in [0.5, 0.6) is 0 Å². The molecule has 1 aromatic carbocycles. The second-order valence-corrected chi connectivity index (χ2v) is 4.99. The summed E-state index contributed by atoms with van der Waals surface area (Å²) in [5, 5.41) is 12.2. The van der Waals surface area contributed by atoms with Crippen molar-refractivity contribution in [3.8, 4) is 0 Å². The van der Waals surface area contributed by atoms with Crippen LogP contribution in [-0.2, 0) is 0 Å². The SMILES string of the molecule is C/C(=C\CO)CC/C=C(\C)CNc1ccccc1C. The van der Waals surface area contributed by atoms with Gasteiger partial charge in [-0.05, 0) is 45.2 Å². The van der Waals surface area contributed by atoms with E-state index in [0.29, 0.717) is 0 Å². The third-order valence-electron chi connectivity index (χ3n) is 3.17. The predicted molar refractivity (Wildman–Crippen MR) is 83.5 cm³/mol. The molecule has 0 saturated heterocycles. The summed E-state index contributed by atoms with van der Waals surface area (Å²) in [5.41, 5.74) is 5.07. The van der Waals surface area contributed by atoms with Crippen molar-refractivity contribution in [3.63, 3.8) is 0 Å². The Balaban J connectivity index is 2.37. The Labute approximate surface area is 116 Å². The molecule has 0 aliphatic heterocycles. The molecule has 0 bridgehead atoms. The quantitative estimate of drug-likeness (QED) is 0.723. The van der Waals surface area contributed by atoms with Crippen LogP contribution in [0.3, 0.4) is 0 Å². The van der Waals surface area contributed by atoms with Crippen LogP contribution in [0.25, 0.3) is 0 Å². The number of hydrogen-bond acceptors (Lipinski definition) is 2. The molecule has 2 N–H and O–H groups in total. The molecule has 0 aromatic heterocycles. The lowest BCUT2D eigenvalue weighted by Crippen LogP contribution is -2.03. The van der Waals surface area contributed by atoms with E-state index in [0.717, 1.165) is 19.4 Å². The number of rotatable bonds is 7. The lowest BCUT2D eigenvalue weighted by molar-refractivity contribution is 0.341. The van der Waals surface area contributed by atoms with Crippen LogP contribution in [0.1, 0.15) is 32.3 Å². The van der Waals surface area contributed by atoms with Crippen LogP contribution in [0, 0.1) is 6.92 Å². The molecule has 0 amide bonds. The summed E-state index contributed by atoms with van der Waals surface area (Å²) in [6.45, 7) is 7.35. The van der Waals surface area contributed by atoms with Gasteiger partial charge in [0.2, 0.25) is 0 Å². The first-order valence-corrected chi connectivity index (χ1v) is 6.85. The fourth-order valence-corrected chi connectivity index (χ4v) is 1.88. The largest absolute Gasteiger partial charge is 0.392 e. The summed E-state index contributed by atoms with van der Waals surface area (Å²) in [6.07, 6.45) is 6.18. The second-order valence-electron chi connectivity index (χ2n) is 4.99. The minimum absolute atomic E-state index is 0.142. The molecule has 104 valence electrons. The average molecular weight is 259 g/mol. The summed E-state index contributed by atoms with van der Waals surface area (Å²) in [6, 6.07) is 8.33. The van der Waals surface area contributed by atoms with Crippen LogP contribution < -0.4 is 5.32 Å². The molecule has 0 aliphatic rings. The highest BCUT2D eigenvalue weighted by atomic mass is 16.2. The molecule has 0 heterocycles. The number of benzene rings is 1. The Kier molecular flexibility index (Phi) is 6.98. The zero-order chi connectivity index (χ0) is 14.1. The van der Waals surface area contributed by atoms with E-state index >= 15 is 0 Å². The van der Waals surface area contributed by atoms with Gasteiger partial charge in [0.15, 0.2) is 0 Å². The standard InChI is InChI=1S/C17H25NO/c1-14(11-12-19)7-6-8-15(2)13-18-17-10-5-4-9-16(17)3/h4-5,8-11,18-19H,6-7,12-13H2,1-3H3/b14-11+,15-8+. The van der Waals surface area contributed by atoms with Gasteiger partial charge in [-0.3, -0.25) is 0 Å². The highest BCUT2D eigenvalue weighted by Crippen LogP contribution is 2.14. The van der Waals surface area contributed by atoms with Gasteiger partial charge in [-0.2, -0.15) is 0 Å². The van der Waals surface area contributed by atoms with Gasteiger partial charge in [-0.1, -0.05) is 41.5 Å². The Morgan fingerprint density at radius 3 is 2.58 bits per heavy atom. The number of nitrogens with one attached hydrogen (secondary N) is 1. The van der Waals surface area contributed by atoms with Crippen molar-refractivity contribution in [1.82, 2.24) is 0 Å². The molecule has 1 rings (SSSR count). The van der Waals surface area contributed by atoms with E-state index in [1.807, 2.05) is 6.08 Å². The summed E-state index contributed by atoms with van der Waals surface area (Å²) in [7, 11) is 0. The van der Waals surface area contributed by atoms with Gasteiger partial charge in [0, 0.05) is 12.2 Å². The van der Waals surface area contributed by atoms with Crippen molar-refractivity contribution in [3.05, 3.63) is 53.1 Å². The Bertz CT molecular complexity index is 446. The molecule has 0 aliphatic carbocycles. The Morgan fingerprint density at radius 2 is 1.89 bits per heavy atom. The fraction of sp³-hybridized carbons (Fsp3) is 0.412. The van der Waals surface area contributed by atoms with E-state index in [4.69, 9.17) is 5.11 Å². The predicted octanol–water partition coefficient (Wildman–Crippen LogP) is 4.07. The van der Waals surface area contributed by atoms with Gasteiger partial charge >= 0.3 is 0 Å². The van der Waals surface area contributed by atoms with Gasteiger partial charge < -0.3 is 10.4 Å². The van der Waals surface area contributed by atoms with Crippen molar-refractivity contribution < 1.29 is 5.11 Å². The molecular formula is C17H25NO. The van der Waals surface area contributed by atoms with Crippen LogP contribution in [0.15, 0.2) is 47.6 Å². The topological polar surface area (TPSA) is 32.3 Å². The maximum Gasteiger partial charge on any atom is 0.0614 e. The number of para-hydroxylation sites is 1. The number of aliphatic hydroxyl groups is 1. The average Bonchev–Trinajstić information content (AvgIpc) is 2.38. The molecule has 19 heavy (non-hydrogen) atoms. The molecule has 0 saturated carbocycles. The van der Waals surface area contributed by atoms with E-state index in [1.165, 1.54) is 22.4 Å². The first-order valence-electron chi connectivity index (χ1n) is 6.85. The van der Waals surface area contributed by atoms with E-state index in [1.54, 1.807) is 0 Å². The van der Waals surface area contributed by atoms with Gasteiger partial charge in [-0.15, -0.1) is 0 Å². The highest BCUT2D eigenvalue weighted by Gasteiger charge is 1.96. The monoisotopic (exact) mass is 259 g/mol. The van der Waals surface area contributed by atoms with Crippen LogP contribution in [0.4, 0.5) is 5.69 Å². The van der Waals surface area contributed by atoms with Crippen molar-refractivity contribution in [2.75, 3.05) is 18.5 Å². The summed E-state index contributed by atoms with van der Waals surface area (Å²) in [4.78, 5) is 0. The molecule has 0 atom stereocenters. The first kappa shape index (κ1) is 15.5.